The molecule has 0 aromatic heterocycles. The van der Waals surface area contributed by atoms with Crippen LogP contribution in [0.4, 0.5) is 0 Å². The van der Waals surface area contributed by atoms with E-state index in [4.69, 9.17) is 9.47 Å². The first-order valence-corrected chi connectivity index (χ1v) is 4.24. The molecule has 0 saturated heterocycles. The molecular weight excluding hydrogens is 168 g/mol. The van der Waals surface area contributed by atoms with Crippen molar-refractivity contribution in [3.63, 3.8) is 0 Å². The van der Waals surface area contributed by atoms with Crippen molar-refractivity contribution in [1.29, 1.82) is 0 Å². The van der Waals surface area contributed by atoms with Crippen molar-refractivity contribution in [3.8, 4) is 0 Å². The van der Waals surface area contributed by atoms with Crippen LogP contribution in [0.1, 0.15) is 20.3 Å². The predicted molar refractivity (Wildman–Crippen MR) is 51.2 cm³/mol. The molecular formula is C10H16O3. The summed E-state index contributed by atoms with van der Waals surface area (Å²) in [7, 11) is 0. The number of hydrogen-bond donors (Lipinski definition) is 0. The van der Waals surface area contributed by atoms with E-state index in [1.165, 1.54) is 0 Å². The van der Waals surface area contributed by atoms with E-state index in [-0.39, 0.29) is 5.97 Å². The molecule has 0 aliphatic carbocycles. The van der Waals surface area contributed by atoms with E-state index in [0.717, 1.165) is 0 Å². The van der Waals surface area contributed by atoms with Gasteiger partial charge in [0.2, 0.25) is 0 Å². The first-order valence-electron chi connectivity index (χ1n) is 4.24. The van der Waals surface area contributed by atoms with Gasteiger partial charge in [-0.2, -0.15) is 0 Å². The summed E-state index contributed by atoms with van der Waals surface area (Å²) in [5.41, 5.74) is 0.425. The SMILES string of the molecule is C=C(C)C(=O)OCCCO/C=C/C. The van der Waals surface area contributed by atoms with E-state index in [1.54, 1.807) is 19.3 Å². The van der Waals surface area contributed by atoms with Crippen molar-refractivity contribution in [2.45, 2.75) is 20.3 Å². The van der Waals surface area contributed by atoms with E-state index >= 15 is 0 Å². The Morgan fingerprint density at radius 2 is 2.15 bits per heavy atom. The summed E-state index contributed by atoms with van der Waals surface area (Å²) in [5.74, 6) is -0.342. The van der Waals surface area contributed by atoms with Crippen LogP contribution in [-0.2, 0) is 14.3 Å². The number of ether oxygens (including phenoxy) is 2. The molecule has 0 amide bonds. The number of hydrogen-bond acceptors (Lipinski definition) is 3. The number of esters is 1. The molecule has 3 nitrogen and oxygen atoms in total. The Kier molecular flexibility index (Phi) is 6.69. The standard InChI is InChI=1S/C10H16O3/c1-4-6-12-7-5-8-13-10(11)9(2)3/h4,6H,2,5,7-8H2,1,3H3/b6-4+. The highest BCUT2D eigenvalue weighted by atomic mass is 16.5. The minimum atomic E-state index is -0.342. The van der Waals surface area contributed by atoms with Gasteiger partial charge in [0.25, 0.3) is 0 Å². The molecule has 0 unspecified atom stereocenters. The van der Waals surface area contributed by atoms with Gasteiger partial charge in [-0.05, 0) is 13.8 Å². The molecule has 13 heavy (non-hydrogen) atoms. The zero-order valence-electron chi connectivity index (χ0n) is 8.21. The van der Waals surface area contributed by atoms with Gasteiger partial charge < -0.3 is 9.47 Å². The third-order valence-electron chi connectivity index (χ3n) is 1.22. The molecule has 0 atom stereocenters. The molecule has 0 bridgehead atoms. The van der Waals surface area contributed by atoms with Gasteiger partial charge in [0.1, 0.15) is 0 Å². The first kappa shape index (κ1) is 11.8. The lowest BCUT2D eigenvalue weighted by molar-refractivity contribution is -0.139. The lowest BCUT2D eigenvalue weighted by atomic mass is 10.4. The van der Waals surface area contributed by atoms with Gasteiger partial charge in [0.05, 0.1) is 19.5 Å². The van der Waals surface area contributed by atoms with E-state index in [1.807, 2.05) is 6.92 Å². The molecule has 0 heterocycles. The van der Waals surface area contributed by atoms with E-state index < -0.39 is 0 Å². The highest BCUT2D eigenvalue weighted by Gasteiger charge is 2.01. The first-order chi connectivity index (χ1) is 6.18. The van der Waals surface area contributed by atoms with Crippen molar-refractivity contribution in [1.82, 2.24) is 0 Å². The monoisotopic (exact) mass is 184 g/mol. The van der Waals surface area contributed by atoms with Gasteiger partial charge >= 0.3 is 5.97 Å². The Morgan fingerprint density at radius 3 is 2.69 bits per heavy atom. The molecule has 0 aliphatic heterocycles. The van der Waals surface area contributed by atoms with Crippen LogP contribution >= 0.6 is 0 Å². The molecule has 0 N–H and O–H groups in total. The fourth-order valence-corrected chi connectivity index (χ4v) is 0.595. The van der Waals surface area contributed by atoms with Crippen molar-refractivity contribution >= 4 is 5.97 Å². The minimum absolute atomic E-state index is 0.342. The maximum absolute atomic E-state index is 10.9. The fraction of sp³-hybridized carbons (Fsp3) is 0.500. The molecule has 0 aromatic carbocycles. The van der Waals surface area contributed by atoms with Crippen LogP contribution in [-0.4, -0.2) is 19.2 Å². The molecule has 0 saturated carbocycles. The average molecular weight is 184 g/mol. The third kappa shape index (κ3) is 7.12. The van der Waals surface area contributed by atoms with Gasteiger partial charge in [-0.25, -0.2) is 4.79 Å². The van der Waals surface area contributed by atoms with Crippen LogP contribution in [0.3, 0.4) is 0 Å². The molecule has 74 valence electrons. The summed E-state index contributed by atoms with van der Waals surface area (Å²) in [6, 6.07) is 0. The van der Waals surface area contributed by atoms with Crippen molar-refractivity contribution in [2.75, 3.05) is 13.2 Å². The maximum atomic E-state index is 10.9. The molecule has 0 spiro atoms. The lowest BCUT2D eigenvalue weighted by Gasteiger charge is -2.03. The molecule has 0 fully saturated rings. The van der Waals surface area contributed by atoms with E-state index in [2.05, 4.69) is 6.58 Å². The largest absolute Gasteiger partial charge is 0.501 e. The number of carbonyl (C=O) groups excluding carboxylic acids is 1. The van der Waals surface area contributed by atoms with Crippen LogP contribution in [0.5, 0.6) is 0 Å². The fourth-order valence-electron chi connectivity index (χ4n) is 0.595. The highest BCUT2D eigenvalue weighted by molar-refractivity contribution is 5.86. The molecule has 0 rings (SSSR count). The Labute approximate surface area is 79.0 Å². The Morgan fingerprint density at radius 1 is 1.46 bits per heavy atom. The Bertz CT molecular complexity index is 194. The third-order valence-corrected chi connectivity index (χ3v) is 1.22. The second-order valence-corrected chi connectivity index (χ2v) is 2.61. The summed E-state index contributed by atoms with van der Waals surface area (Å²) >= 11 is 0. The second kappa shape index (κ2) is 7.40. The summed E-state index contributed by atoms with van der Waals surface area (Å²) in [5, 5.41) is 0. The van der Waals surface area contributed by atoms with Crippen LogP contribution < -0.4 is 0 Å². The van der Waals surface area contributed by atoms with Gasteiger partial charge in [-0.1, -0.05) is 12.7 Å². The summed E-state index contributed by atoms with van der Waals surface area (Å²) in [6.45, 7) is 7.91. The Hall–Kier alpha value is -1.25. The van der Waals surface area contributed by atoms with Crippen LogP contribution in [0.15, 0.2) is 24.5 Å². The number of carbonyl (C=O) groups is 1. The van der Waals surface area contributed by atoms with Crippen molar-refractivity contribution in [2.24, 2.45) is 0 Å². The van der Waals surface area contributed by atoms with E-state index in [9.17, 15) is 4.79 Å². The second-order valence-electron chi connectivity index (χ2n) is 2.61. The summed E-state index contributed by atoms with van der Waals surface area (Å²) in [6.07, 6.45) is 4.11. The zero-order valence-corrected chi connectivity index (χ0v) is 8.21. The molecule has 0 aliphatic rings. The zero-order chi connectivity index (χ0) is 10.1. The molecule has 0 radical (unpaired) electrons. The van der Waals surface area contributed by atoms with Crippen molar-refractivity contribution < 1.29 is 14.3 Å². The number of allylic oxidation sites excluding steroid dienone is 1. The Balaban J connectivity index is 3.26. The van der Waals surface area contributed by atoms with Gasteiger partial charge in [0, 0.05) is 12.0 Å². The van der Waals surface area contributed by atoms with E-state index in [0.29, 0.717) is 25.2 Å². The van der Waals surface area contributed by atoms with Crippen LogP contribution in [0.2, 0.25) is 0 Å². The van der Waals surface area contributed by atoms with Gasteiger partial charge in [0.15, 0.2) is 0 Å². The highest BCUT2D eigenvalue weighted by Crippen LogP contribution is 1.93. The topological polar surface area (TPSA) is 35.5 Å². The lowest BCUT2D eigenvalue weighted by Crippen LogP contribution is -2.07. The minimum Gasteiger partial charge on any atom is -0.501 e. The number of rotatable bonds is 6. The average Bonchev–Trinajstić information content (AvgIpc) is 2.10. The summed E-state index contributed by atoms with van der Waals surface area (Å²) in [4.78, 5) is 10.9. The molecule has 0 aromatic rings. The van der Waals surface area contributed by atoms with Crippen LogP contribution in [0.25, 0.3) is 0 Å². The van der Waals surface area contributed by atoms with Gasteiger partial charge in [-0.15, -0.1) is 0 Å². The van der Waals surface area contributed by atoms with Gasteiger partial charge in [-0.3, -0.25) is 0 Å². The van der Waals surface area contributed by atoms with Crippen LogP contribution in [0, 0.1) is 0 Å². The van der Waals surface area contributed by atoms with Crippen molar-refractivity contribution in [3.05, 3.63) is 24.5 Å². The molecule has 3 heteroatoms. The summed E-state index contributed by atoms with van der Waals surface area (Å²) < 4.78 is 9.87. The predicted octanol–water partition coefficient (Wildman–Crippen LogP) is 2.05. The maximum Gasteiger partial charge on any atom is 0.333 e. The quantitative estimate of drug-likeness (QED) is 0.274. The normalized spacial score (nSPS) is 10.0. The smallest absolute Gasteiger partial charge is 0.333 e.